The molecule has 9 heteroatoms. The van der Waals surface area contributed by atoms with Gasteiger partial charge in [0, 0.05) is 23.7 Å². The molecule has 1 aliphatic heterocycles. The number of hydrogen-bond donors (Lipinski definition) is 0. The molecule has 0 bridgehead atoms. The van der Waals surface area contributed by atoms with Crippen LogP contribution in [0.5, 0.6) is 0 Å². The van der Waals surface area contributed by atoms with Gasteiger partial charge in [0.1, 0.15) is 5.69 Å². The van der Waals surface area contributed by atoms with Crippen LogP contribution in [0.3, 0.4) is 0 Å². The lowest BCUT2D eigenvalue weighted by atomic mass is 10.2. The van der Waals surface area contributed by atoms with E-state index >= 15 is 0 Å². The van der Waals surface area contributed by atoms with Crippen molar-refractivity contribution in [2.24, 2.45) is 0 Å². The van der Waals surface area contributed by atoms with Crippen LogP contribution >= 0.6 is 11.3 Å². The molecule has 3 aromatic rings. The summed E-state index contributed by atoms with van der Waals surface area (Å²) >= 11 is 1.65. The van der Waals surface area contributed by atoms with Crippen molar-refractivity contribution in [1.29, 1.82) is 0 Å². The van der Waals surface area contributed by atoms with Crippen LogP contribution in [0.4, 0.5) is 0 Å². The monoisotopic (exact) mass is 361 g/mol. The molecule has 0 spiro atoms. The number of thiophene rings is 1. The minimum absolute atomic E-state index is 0.0993. The average molecular weight is 361 g/mol. The Labute approximate surface area is 143 Å². The maximum absolute atomic E-state index is 11.8. The third-order valence-corrected chi connectivity index (χ3v) is 6.56. The molecular weight excluding hydrogens is 346 g/mol. The van der Waals surface area contributed by atoms with E-state index in [1.807, 2.05) is 17.5 Å². The van der Waals surface area contributed by atoms with Crippen LogP contribution in [0.15, 0.2) is 36.1 Å². The average Bonchev–Trinajstić information content (AvgIpc) is 3.29. The Morgan fingerprint density at radius 2 is 2.25 bits per heavy atom. The Morgan fingerprint density at radius 1 is 1.33 bits per heavy atom. The molecule has 4 rings (SSSR count). The van der Waals surface area contributed by atoms with Crippen molar-refractivity contribution in [3.05, 3.63) is 46.8 Å². The summed E-state index contributed by atoms with van der Waals surface area (Å²) in [6.07, 6.45) is 5.99. The van der Waals surface area contributed by atoms with Gasteiger partial charge >= 0.3 is 0 Å². The summed E-state index contributed by atoms with van der Waals surface area (Å²) in [4.78, 5) is 14.2. The van der Waals surface area contributed by atoms with E-state index in [2.05, 4.69) is 20.1 Å². The Bertz CT molecular complexity index is 936. The molecule has 0 N–H and O–H groups in total. The van der Waals surface area contributed by atoms with E-state index in [0.29, 0.717) is 30.2 Å². The van der Waals surface area contributed by atoms with Gasteiger partial charge in [0.15, 0.2) is 21.5 Å². The topological polar surface area (TPSA) is 90.6 Å². The Kier molecular flexibility index (Phi) is 3.89. The standard InChI is InChI=1S/C15H15N5O2S2/c21-24(22)7-3-11(10-24)20-15(13-9-16-4-5-17-13)18-14(19-20)8-12-2-1-6-23-12/h1-2,4-6,9,11H,3,7-8,10H2/t11-/m1/s1. The van der Waals surface area contributed by atoms with Gasteiger partial charge in [-0.1, -0.05) is 6.07 Å². The molecule has 3 aromatic heterocycles. The number of rotatable bonds is 4. The van der Waals surface area contributed by atoms with Crippen LogP contribution in [-0.4, -0.2) is 44.7 Å². The summed E-state index contributed by atoms with van der Waals surface area (Å²) in [5, 5.41) is 6.60. The highest BCUT2D eigenvalue weighted by Gasteiger charge is 2.32. The van der Waals surface area contributed by atoms with Gasteiger partial charge in [-0.15, -0.1) is 11.3 Å². The second kappa shape index (κ2) is 6.06. The van der Waals surface area contributed by atoms with Crippen molar-refractivity contribution in [3.63, 3.8) is 0 Å². The van der Waals surface area contributed by atoms with Crippen molar-refractivity contribution < 1.29 is 8.42 Å². The molecule has 0 aliphatic carbocycles. The Morgan fingerprint density at radius 3 is 2.92 bits per heavy atom. The molecule has 24 heavy (non-hydrogen) atoms. The van der Waals surface area contributed by atoms with Gasteiger partial charge in [-0.25, -0.2) is 23.1 Å². The van der Waals surface area contributed by atoms with Crippen LogP contribution in [-0.2, 0) is 16.3 Å². The first-order chi connectivity index (χ1) is 11.6. The highest BCUT2D eigenvalue weighted by atomic mass is 32.2. The fourth-order valence-electron chi connectivity index (χ4n) is 2.82. The fourth-order valence-corrected chi connectivity index (χ4v) is 5.22. The Balaban J connectivity index is 1.74. The summed E-state index contributed by atoms with van der Waals surface area (Å²) in [7, 11) is -3.01. The zero-order valence-electron chi connectivity index (χ0n) is 12.7. The number of aromatic nitrogens is 5. The van der Waals surface area contributed by atoms with Gasteiger partial charge in [-0.2, -0.15) is 5.10 Å². The second-order valence-electron chi connectivity index (χ2n) is 5.70. The van der Waals surface area contributed by atoms with Crippen LogP contribution in [0, 0.1) is 0 Å². The highest BCUT2D eigenvalue weighted by molar-refractivity contribution is 7.91. The molecule has 0 unspecified atom stereocenters. The van der Waals surface area contributed by atoms with Crippen molar-refractivity contribution in [3.8, 4) is 11.5 Å². The zero-order chi connectivity index (χ0) is 16.6. The third kappa shape index (κ3) is 3.09. The molecule has 1 fully saturated rings. The van der Waals surface area contributed by atoms with Gasteiger partial charge in [0.05, 0.1) is 23.7 Å². The number of sulfone groups is 1. The van der Waals surface area contributed by atoms with Crippen LogP contribution < -0.4 is 0 Å². The second-order valence-corrected chi connectivity index (χ2v) is 8.96. The Hall–Kier alpha value is -2.13. The summed E-state index contributed by atoms with van der Waals surface area (Å²) in [5.74, 6) is 1.54. The first-order valence-corrected chi connectivity index (χ1v) is 10.3. The molecule has 4 heterocycles. The van der Waals surface area contributed by atoms with E-state index in [4.69, 9.17) is 0 Å². The van der Waals surface area contributed by atoms with Gasteiger partial charge < -0.3 is 0 Å². The SMILES string of the molecule is O=S1(=O)CC[C@@H](n2nc(Cc3cccs3)nc2-c2cnccn2)C1. The van der Waals surface area contributed by atoms with E-state index in [1.165, 1.54) is 0 Å². The zero-order valence-corrected chi connectivity index (χ0v) is 14.4. The first-order valence-electron chi connectivity index (χ1n) is 7.55. The van der Waals surface area contributed by atoms with Crippen LogP contribution in [0.2, 0.25) is 0 Å². The predicted octanol–water partition coefficient (Wildman–Crippen LogP) is 1.75. The van der Waals surface area contributed by atoms with Gasteiger partial charge in [0.25, 0.3) is 0 Å². The largest absolute Gasteiger partial charge is 0.261 e. The maximum atomic E-state index is 11.8. The first kappa shape index (κ1) is 15.4. The lowest BCUT2D eigenvalue weighted by molar-refractivity contribution is 0.500. The molecule has 1 atom stereocenters. The molecule has 0 radical (unpaired) electrons. The van der Waals surface area contributed by atoms with E-state index in [0.717, 1.165) is 4.88 Å². The molecular formula is C15H15N5O2S2. The van der Waals surface area contributed by atoms with Crippen molar-refractivity contribution in [1.82, 2.24) is 24.7 Å². The summed E-state index contributed by atoms with van der Waals surface area (Å²) in [5.41, 5.74) is 0.603. The third-order valence-electron chi connectivity index (χ3n) is 3.93. The summed E-state index contributed by atoms with van der Waals surface area (Å²) in [6.45, 7) is 0. The minimum atomic E-state index is -3.01. The highest BCUT2D eigenvalue weighted by Crippen LogP contribution is 2.28. The number of hydrogen-bond acceptors (Lipinski definition) is 7. The van der Waals surface area contributed by atoms with Gasteiger partial charge in [-0.3, -0.25) is 4.98 Å². The molecule has 0 saturated carbocycles. The summed E-state index contributed by atoms with van der Waals surface area (Å²) in [6, 6.07) is 3.83. The predicted molar refractivity (Wildman–Crippen MR) is 90.5 cm³/mol. The normalized spacial score (nSPS) is 19.6. The van der Waals surface area contributed by atoms with Gasteiger partial charge in [-0.05, 0) is 17.9 Å². The maximum Gasteiger partial charge on any atom is 0.178 e. The smallest absolute Gasteiger partial charge is 0.178 e. The number of nitrogens with zero attached hydrogens (tertiary/aromatic N) is 5. The molecule has 1 aliphatic rings. The lowest BCUT2D eigenvalue weighted by Crippen LogP contribution is -2.14. The van der Waals surface area contributed by atoms with Gasteiger partial charge in [0.2, 0.25) is 0 Å². The van der Waals surface area contributed by atoms with Crippen LogP contribution in [0.1, 0.15) is 23.2 Å². The van der Waals surface area contributed by atoms with E-state index in [1.54, 1.807) is 34.6 Å². The fraction of sp³-hybridized carbons (Fsp3) is 0.333. The quantitative estimate of drug-likeness (QED) is 0.703. The van der Waals surface area contributed by atoms with Crippen molar-refractivity contribution in [2.45, 2.75) is 18.9 Å². The summed E-state index contributed by atoms with van der Waals surface area (Å²) < 4.78 is 25.4. The van der Waals surface area contributed by atoms with E-state index in [9.17, 15) is 8.42 Å². The minimum Gasteiger partial charge on any atom is -0.261 e. The lowest BCUT2D eigenvalue weighted by Gasteiger charge is -2.10. The molecule has 7 nitrogen and oxygen atoms in total. The van der Waals surface area contributed by atoms with E-state index in [-0.39, 0.29) is 17.5 Å². The molecule has 0 aromatic carbocycles. The molecule has 124 valence electrons. The molecule has 0 amide bonds. The van der Waals surface area contributed by atoms with Crippen molar-refractivity contribution in [2.75, 3.05) is 11.5 Å². The molecule has 1 saturated heterocycles. The van der Waals surface area contributed by atoms with Crippen LogP contribution in [0.25, 0.3) is 11.5 Å². The van der Waals surface area contributed by atoms with Crippen molar-refractivity contribution >= 4 is 21.2 Å². The van der Waals surface area contributed by atoms with E-state index < -0.39 is 9.84 Å².